The molecule has 9 heteroatoms. The van der Waals surface area contributed by atoms with Crippen LogP contribution in [0.5, 0.6) is 17.2 Å². The van der Waals surface area contributed by atoms with Crippen LogP contribution in [0.1, 0.15) is 29.7 Å². The summed E-state index contributed by atoms with van der Waals surface area (Å²) in [5, 5.41) is 10.6. The second-order valence-corrected chi connectivity index (χ2v) is 7.79. The summed E-state index contributed by atoms with van der Waals surface area (Å²) >= 11 is 0. The van der Waals surface area contributed by atoms with E-state index in [2.05, 4.69) is 20.7 Å². The van der Waals surface area contributed by atoms with Gasteiger partial charge in [-0.05, 0) is 44.5 Å². The Morgan fingerprint density at radius 2 is 1.79 bits per heavy atom. The first-order chi connectivity index (χ1) is 15.9. The first-order valence-electron chi connectivity index (χ1n) is 10.4. The maximum atomic E-state index is 13.6. The molecule has 4 rings (SSSR count). The van der Waals surface area contributed by atoms with Crippen molar-refractivity contribution in [3.05, 3.63) is 64.6 Å². The molecule has 1 aromatic heterocycles. The van der Waals surface area contributed by atoms with Crippen LogP contribution in [0.3, 0.4) is 0 Å². The Morgan fingerprint density at radius 3 is 2.45 bits per heavy atom. The Balaban J connectivity index is 1.86. The highest BCUT2D eigenvalue weighted by Gasteiger charge is 2.36. The Kier molecular flexibility index (Phi) is 5.95. The van der Waals surface area contributed by atoms with Crippen molar-refractivity contribution in [3.8, 4) is 17.2 Å². The highest BCUT2D eigenvalue weighted by atomic mass is 16.5. The summed E-state index contributed by atoms with van der Waals surface area (Å²) in [5.74, 6) is 1.68. The molecule has 0 unspecified atom stereocenters. The van der Waals surface area contributed by atoms with Crippen molar-refractivity contribution < 1.29 is 19.0 Å². The van der Waals surface area contributed by atoms with E-state index in [1.165, 1.54) is 6.33 Å². The SMILES string of the molecule is COc1ccc([C@@H]2C(C(=O)Nc3ccc(C)cc3C)=C(C)Nc3ncnn32)c(OC)c1OC. The Hall–Kier alpha value is -4.01. The molecule has 1 atom stereocenters. The van der Waals surface area contributed by atoms with E-state index < -0.39 is 6.04 Å². The number of nitrogens with one attached hydrogen (secondary N) is 2. The van der Waals surface area contributed by atoms with E-state index in [9.17, 15) is 4.79 Å². The summed E-state index contributed by atoms with van der Waals surface area (Å²) in [6.07, 6.45) is 1.45. The van der Waals surface area contributed by atoms with Gasteiger partial charge in [0.1, 0.15) is 12.4 Å². The number of benzene rings is 2. The van der Waals surface area contributed by atoms with Gasteiger partial charge in [0.2, 0.25) is 11.7 Å². The number of hydrogen-bond donors (Lipinski definition) is 2. The lowest BCUT2D eigenvalue weighted by molar-refractivity contribution is -0.113. The minimum absolute atomic E-state index is 0.255. The summed E-state index contributed by atoms with van der Waals surface area (Å²) in [6.45, 7) is 5.82. The zero-order chi connectivity index (χ0) is 23.7. The lowest BCUT2D eigenvalue weighted by Crippen LogP contribution is -2.32. The van der Waals surface area contributed by atoms with Gasteiger partial charge < -0.3 is 24.8 Å². The predicted molar refractivity (Wildman–Crippen MR) is 125 cm³/mol. The van der Waals surface area contributed by atoms with Crippen LogP contribution in [0.25, 0.3) is 0 Å². The molecular formula is C24H27N5O4. The summed E-state index contributed by atoms with van der Waals surface area (Å²) in [5.41, 5.74) is 4.69. The second-order valence-electron chi connectivity index (χ2n) is 7.79. The molecule has 1 amide bonds. The van der Waals surface area contributed by atoms with Gasteiger partial charge in [0.15, 0.2) is 11.5 Å². The van der Waals surface area contributed by atoms with Gasteiger partial charge in [-0.3, -0.25) is 4.79 Å². The molecule has 1 aliphatic rings. The molecule has 0 radical (unpaired) electrons. The predicted octanol–water partition coefficient (Wildman–Crippen LogP) is 3.85. The van der Waals surface area contributed by atoms with Crippen molar-refractivity contribution >= 4 is 17.5 Å². The zero-order valence-electron chi connectivity index (χ0n) is 19.5. The number of carbonyl (C=O) groups is 1. The van der Waals surface area contributed by atoms with E-state index in [1.807, 2.05) is 45.0 Å². The van der Waals surface area contributed by atoms with Gasteiger partial charge in [-0.25, -0.2) is 4.68 Å². The van der Waals surface area contributed by atoms with Crippen LogP contribution in [-0.2, 0) is 4.79 Å². The maximum absolute atomic E-state index is 13.6. The lowest BCUT2D eigenvalue weighted by Gasteiger charge is -2.30. The van der Waals surface area contributed by atoms with Crippen LogP contribution in [0.4, 0.5) is 11.6 Å². The van der Waals surface area contributed by atoms with Crippen molar-refractivity contribution in [2.24, 2.45) is 0 Å². The Morgan fingerprint density at radius 1 is 1.03 bits per heavy atom. The second kappa shape index (κ2) is 8.85. The minimum Gasteiger partial charge on any atom is -0.493 e. The average Bonchev–Trinajstić information content (AvgIpc) is 3.26. The standard InChI is InChI=1S/C24H27N5O4/c1-13-7-9-17(14(2)11-13)28-23(30)19-15(3)27-24-25-12-26-29(24)20(19)16-8-10-18(31-4)22(33-6)21(16)32-5/h7-12,20H,1-6H3,(H,28,30)(H,25,26,27)/t20-/m1/s1. The summed E-state index contributed by atoms with van der Waals surface area (Å²) in [6, 6.07) is 8.92. The third-order valence-electron chi connectivity index (χ3n) is 5.70. The van der Waals surface area contributed by atoms with E-state index in [1.54, 1.807) is 32.1 Å². The number of rotatable bonds is 6. The van der Waals surface area contributed by atoms with Crippen LogP contribution < -0.4 is 24.8 Å². The van der Waals surface area contributed by atoms with E-state index in [-0.39, 0.29) is 5.91 Å². The number of carbonyl (C=O) groups excluding carboxylic acids is 1. The number of methoxy groups -OCH3 is 3. The molecule has 2 N–H and O–H groups in total. The summed E-state index contributed by atoms with van der Waals surface area (Å²) in [4.78, 5) is 17.9. The van der Waals surface area contributed by atoms with E-state index in [0.29, 0.717) is 40.0 Å². The van der Waals surface area contributed by atoms with Gasteiger partial charge in [0.25, 0.3) is 5.91 Å². The molecule has 172 valence electrons. The summed E-state index contributed by atoms with van der Waals surface area (Å²) < 4.78 is 18.4. The van der Waals surface area contributed by atoms with Gasteiger partial charge in [-0.15, -0.1) is 0 Å². The Labute approximate surface area is 192 Å². The van der Waals surface area contributed by atoms with Gasteiger partial charge in [0.05, 0.1) is 26.9 Å². The first-order valence-corrected chi connectivity index (χ1v) is 10.4. The number of ether oxygens (including phenoxy) is 3. The van der Waals surface area contributed by atoms with Gasteiger partial charge in [-0.2, -0.15) is 10.1 Å². The fourth-order valence-electron chi connectivity index (χ4n) is 4.16. The molecule has 0 spiro atoms. The van der Waals surface area contributed by atoms with Crippen LogP contribution in [0.15, 0.2) is 47.9 Å². The number of fused-ring (bicyclic) bond motifs is 1. The van der Waals surface area contributed by atoms with Crippen LogP contribution >= 0.6 is 0 Å². The van der Waals surface area contributed by atoms with Crippen LogP contribution in [0.2, 0.25) is 0 Å². The van der Waals surface area contributed by atoms with Crippen molar-refractivity contribution in [1.29, 1.82) is 0 Å². The number of aromatic nitrogens is 3. The van der Waals surface area contributed by atoms with Gasteiger partial charge >= 0.3 is 0 Å². The molecule has 0 saturated heterocycles. The number of amides is 1. The highest BCUT2D eigenvalue weighted by molar-refractivity contribution is 6.06. The van der Waals surface area contributed by atoms with Gasteiger partial charge in [0, 0.05) is 16.9 Å². The maximum Gasteiger partial charge on any atom is 0.255 e. The average molecular weight is 450 g/mol. The molecule has 3 aromatic rings. The van der Waals surface area contributed by atoms with Crippen molar-refractivity contribution in [2.45, 2.75) is 26.8 Å². The molecule has 2 heterocycles. The first kappa shape index (κ1) is 22.2. The minimum atomic E-state index is -0.607. The summed E-state index contributed by atoms with van der Waals surface area (Å²) in [7, 11) is 4.66. The fourth-order valence-corrected chi connectivity index (χ4v) is 4.16. The third kappa shape index (κ3) is 3.86. The molecule has 2 aromatic carbocycles. The molecule has 0 fully saturated rings. The fraction of sp³-hybridized carbons (Fsp3) is 0.292. The smallest absolute Gasteiger partial charge is 0.255 e. The monoisotopic (exact) mass is 449 g/mol. The highest BCUT2D eigenvalue weighted by Crippen LogP contribution is 2.46. The van der Waals surface area contributed by atoms with Gasteiger partial charge in [-0.1, -0.05) is 17.7 Å². The number of aryl methyl sites for hydroxylation is 2. The molecule has 0 saturated carbocycles. The number of nitrogens with zero attached hydrogens (tertiary/aromatic N) is 3. The van der Waals surface area contributed by atoms with Crippen molar-refractivity contribution in [1.82, 2.24) is 14.8 Å². The zero-order valence-corrected chi connectivity index (χ0v) is 19.5. The molecule has 1 aliphatic heterocycles. The Bertz CT molecular complexity index is 1250. The normalized spacial score (nSPS) is 14.9. The number of anilines is 2. The van der Waals surface area contributed by atoms with E-state index in [0.717, 1.165) is 16.8 Å². The lowest BCUT2D eigenvalue weighted by atomic mass is 9.93. The quantitative estimate of drug-likeness (QED) is 0.590. The molecule has 33 heavy (non-hydrogen) atoms. The molecule has 0 aliphatic carbocycles. The van der Waals surface area contributed by atoms with E-state index in [4.69, 9.17) is 14.2 Å². The van der Waals surface area contributed by atoms with Crippen molar-refractivity contribution in [2.75, 3.05) is 32.0 Å². The molecule has 0 bridgehead atoms. The molecular weight excluding hydrogens is 422 g/mol. The van der Waals surface area contributed by atoms with Crippen LogP contribution in [0, 0.1) is 13.8 Å². The largest absolute Gasteiger partial charge is 0.493 e. The third-order valence-corrected chi connectivity index (χ3v) is 5.70. The van der Waals surface area contributed by atoms with E-state index >= 15 is 0 Å². The topological polar surface area (TPSA) is 99.5 Å². The molecule has 9 nitrogen and oxygen atoms in total. The van der Waals surface area contributed by atoms with Crippen LogP contribution in [-0.4, -0.2) is 42.0 Å². The van der Waals surface area contributed by atoms with Crippen molar-refractivity contribution in [3.63, 3.8) is 0 Å². The number of hydrogen-bond acceptors (Lipinski definition) is 7. The number of allylic oxidation sites excluding steroid dienone is 1.